The molecule has 2 aromatic carbocycles. The number of piperazine rings is 1. The normalized spacial score (nSPS) is 15.5. The van der Waals surface area contributed by atoms with E-state index in [-0.39, 0.29) is 0 Å². The zero-order chi connectivity index (χ0) is 17.1. The standard InChI is InChI=1S/C20H21ClN4/c21-18-3-1-4-20(15-18)24-13-11-23(12-14-24)16-17-5-7-19(8-6-17)25-10-2-9-22-25/h1-10,15H,11-14,16H2. The molecule has 0 aliphatic carbocycles. The van der Waals surface area contributed by atoms with E-state index in [0.29, 0.717) is 0 Å². The fourth-order valence-corrected chi connectivity index (χ4v) is 3.46. The minimum Gasteiger partial charge on any atom is -0.369 e. The molecule has 0 N–H and O–H groups in total. The third-order valence-electron chi connectivity index (χ3n) is 4.66. The van der Waals surface area contributed by atoms with E-state index in [1.807, 2.05) is 35.1 Å². The van der Waals surface area contributed by atoms with Crippen molar-refractivity contribution in [3.05, 3.63) is 77.6 Å². The summed E-state index contributed by atoms with van der Waals surface area (Å²) >= 11 is 6.11. The van der Waals surface area contributed by atoms with Gasteiger partial charge in [0.1, 0.15) is 0 Å². The summed E-state index contributed by atoms with van der Waals surface area (Å²) < 4.78 is 1.88. The molecule has 0 spiro atoms. The molecule has 1 saturated heterocycles. The molecule has 3 aromatic rings. The van der Waals surface area contributed by atoms with Crippen molar-refractivity contribution in [2.45, 2.75) is 6.54 Å². The smallest absolute Gasteiger partial charge is 0.0645 e. The average molecular weight is 353 g/mol. The zero-order valence-electron chi connectivity index (χ0n) is 14.1. The van der Waals surface area contributed by atoms with Crippen LogP contribution in [0.25, 0.3) is 5.69 Å². The first-order valence-electron chi connectivity index (χ1n) is 8.60. The largest absolute Gasteiger partial charge is 0.369 e. The number of hydrogen-bond acceptors (Lipinski definition) is 3. The van der Waals surface area contributed by atoms with Crippen LogP contribution in [0.15, 0.2) is 67.0 Å². The van der Waals surface area contributed by atoms with Crippen LogP contribution in [0.5, 0.6) is 0 Å². The lowest BCUT2D eigenvalue weighted by Crippen LogP contribution is -2.45. The summed E-state index contributed by atoms with van der Waals surface area (Å²) in [7, 11) is 0. The topological polar surface area (TPSA) is 24.3 Å². The van der Waals surface area contributed by atoms with Crippen LogP contribution < -0.4 is 4.90 Å². The molecule has 2 heterocycles. The highest BCUT2D eigenvalue weighted by atomic mass is 35.5. The van der Waals surface area contributed by atoms with Gasteiger partial charge in [-0.1, -0.05) is 29.8 Å². The van der Waals surface area contributed by atoms with E-state index in [2.05, 4.69) is 45.2 Å². The third kappa shape index (κ3) is 3.86. The van der Waals surface area contributed by atoms with Gasteiger partial charge >= 0.3 is 0 Å². The van der Waals surface area contributed by atoms with Gasteiger partial charge in [0, 0.05) is 55.8 Å². The molecular formula is C20H21ClN4. The van der Waals surface area contributed by atoms with Crippen LogP contribution >= 0.6 is 11.6 Å². The molecule has 4 nitrogen and oxygen atoms in total. The van der Waals surface area contributed by atoms with Gasteiger partial charge in [0.25, 0.3) is 0 Å². The molecule has 0 amide bonds. The number of halogens is 1. The molecule has 1 fully saturated rings. The van der Waals surface area contributed by atoms with E-state index in [0.717, 1.165) is 43.4 Å². The Balaban J connectivity index is 1.34. The van der Waals surface area contributed by atoms with Crippen LogP contribution in [0.4, 0.5) is 5.69 Å². The molecule has 1 aromatic heterocycles. The minimum atomic E-state index is 0.803. The quantitative estimate of drug-likeness (QED) is 0.712. The van der Waals surface area contributed by atoms with Crippen molar-refractivity contribution in [3.63, 3.8) is 0 Å². The summed E-state index contributed by atoms with van der Waals surface area (Å²) in [5, 5.41) is 5.07. The summed E-state index contributed by atoms with van der Waals surface area (Å²) in [5.41, 5.74) is 3.65. The molecule has 0 unspecified atom stereocenters. The number of nitrogens with zero attached hydrogens (tertiary/aromatic N) is 4. The molecule has 1 aliphatic heterocycles. The van der Waals surface area contributed by atoms with Gasteiger partial charge in [0.15, 0.2) is 0 Å². The second-order valence-electron chi connectivity index (χ2n) is 6.36. The number of anilines is 1. The SMILES string of the molecule is Clc1cccc(N2CCN(Cc3ccc(-n4cccn4)cc3)CC2)c1. The predicted octanol–water partition coefficient (Wildman–Crippen LogP) is 3.85. The van der Waals surface area contributed by atoms with Gasteiger partial charge in [-0.3, -0.25) is 4.90 Å². The Morgan fingerprint density at radius 3 is 2.36 bits per heavy atom. The molecule has 0 radical (unpaired) electrons. The van der Waals surface area contributed by atoms with Crippen molar-refractivity contribution < 1.29 is 0 Å². The maximum Gasteiger partial charge on any atom is 0.0645 e. The second kappa shape index (κ2) is 7.30. The van der Waals surface area contributed by atoms with E-state index in [1.165, 1.54) is 11.3 Å². The fourth-order valence-electron chi connectivity index (χ4n) is 3.27. The first kappa shape index (κ1) is 16.2. The van der Waals surface area contributed by atoms with E-state index in [4.69, 9.17) is 11.6 Å². The first-order chi connectivity index (χ1) is 12.3. The minimum absolute atomic E-state index is 0.803. The highest BCUT2D eigenvalue weighted by molar-refractivity contribution is 6.30. The molecule has 0 bridgehead atoms. The second-order valence-corrected chi connectivity index (χ2v) is 6.80. The van der Waals surface area contributed by atoms with Crippen LogP contribution in [0.3, 0.4) is 0 Å². The lowest BCUT2D eigenvalue weighted by Gasteiger charge is -2.36. The molecule has 0 saturated carbocycles. The highest BCUT2D eigenvalue weighted by Gasteiger charge is 2.17. The van der Waals surface area contributed by atoms with E-state index in [1.54, 1.807) is 6.20 Å². The van der Waals surface area contributed by atoms with E-state index >= 15 is 0 Å². The number of benzene rings is 2. The first-order valence-corrected chi connectivity index (χ1v) is 8.97. The van der Waals surface area contributed by atoms with Gasteiger partial charge in [0.2, 0.25) is 0 Å². The Hall–Kier alpha value is -2.30. The van der Waals surface area contributed by atoms with Crippen molar-refractivity contribution >= 4 is 17.3 Å². The molecule has 4 rings (SSSR count). The van der Waals surface area contributed by atoms with Crippen LogP contribution in [0.1, 0.15) is 5.56 Å². The van der Waals surface area contributed by atoms with Crippen molar-refractivity contribution in [2.75, 3.05) is 31.1 Å². The number of aromatic nitrogens is 2. The lowest BCUT2D eigenvalue weighted by molar-refractivity contribution is 0.250. The van der Waals surface area contributed by atoms with Gasteiger partial charge in [-0.15, -0.1) is 0 Å². The molecule has 0 atom stereocenters. The highest BCUT2D eigenvalue weighted by Crippen LogP contribution is 2.21. The summed E-state index contributed by atoms with van der Waals surface area (Å²) in [5.74, 6) is 0. The molecule has 5 heteroatoms. The molecule has 1 aliphatic rings. The van der Waals surface area contributed by atoms with Crippen LogP contribution in [-0.2, 0) is 6.54 Å². The summed E-state index contributed by atoms with van der Waals surface area (Å²) in [4.78, 5) is 4.91. The number of hydrogen-bond donors (Lipinski definition) is 0. The average Bonchev–Trinajstić information content (AvgIpc) is 3.18. The van der Waals surface area contributed by atoms with Crippen molar-refractivity contribution in [1.82, 2.24) is 14.7 Å². The van der Waals surface area contributed by atoms with Gasteiger partial charge in [-0.2, -0.15) is 5.10 Å². The maximum atomic E-state index is 6.11. The number of rotatable bonds is 4. The maximum absolute atomic E-state index is 6.11. The lowest BCUT2D eigenvalue weighted by atomic mass is 10.1. The Labute approximate surface area is 153 Å². The molecular weight excluding hydrogens is 332 g/mol. The van der Waals surface area contributed by atoms with E-state index < -0.39 is 0 Å². The Morgan fingerprint density at radius 1 is 0.880 bits per heavy atom. The van der Waals surface area contributed by atoms with Crippen LogP contribution in [0, 0.1) is 0 Å². The van der Waals surface area contributed by atoms with Gasteiger partial charge in [-0.25, -0.2) is 4.68 Å². The van der Waals surface area contributed by atoms with Gasteiger partial charge in [0.05, 0.1) is 5.69 Å². The summed E-state index contributed by atoms with van der Waals surface area (Å²) in [6.45, 7) is 5.18. The fraction of sp³-hybridized carbons (Fsp3) is 0.250. The predicted molar refractivity (Wildman–Crippen MR) is 103 cm³/mol. The zero-order valence-corrected chi connectivity index (χ0v) is 14.8. The Morgan fingerprint density at radius 2 is 1.68 bits per heavy atom. The van der Waals surface area contributed by atoms with Crippen LogP contribution in [0.2, 0.25) is 5.02 Å². The van der Waals surface area contributed by atoms with Crippen molar-refractivity contribution in [3.8, 4) is 5.69 Å². The molecule has 128 valence electrons. The monoisotopic (exact) mass is 352 g/mol. The van der Waals surface area contributed by atoms with Gasteiger partial charge < -0.3 is 4.90 Å². The van der Waals surface area contributed by atoms with Crippen LogP contribution in [-0.4, -0.2) is 40.9 Å². The summed E-state index contributed by atoms with van der Waals surface area (Å²) in [6.07, 6.45) is 3.76. The van der Waals surface area contributed by atoms with Crippen molar-refractivity contribution in [2.24, 2.45) is 0 Å². The van der Waals surface area contributed by atoms with Crippen molar-refractivity contribution in [1.29, 1.82) is 0 Å². The van der Waals surface area contributed by atoms with E-state index in [9.17, 15) is 0 Å². The summed E-state index contributed by atoms with van der Waals surface area (Å²) in [6, 6.07) is 18.7. The molecule has 25 heavy (non-hydrogen) atoms. The Bertz CT molecular complexity index is 806. The van der Waals surface area contributed by atoms with Gasteiger partial charge in [-0.05, 0) is 42.0 Å². The Kier molecular flexibility index (Phi) is 4.72. The third-order valence-corrected chi connectivity index (χ3v) is 4.89.